The first-order valence-electron chi connectivity index (χ1n) is 8.57. The van der Waals surface area contributed by atoms with Crippen molar-refractivity contribution in [2.24, 2.45) is 0 Å². The van der Waals surface area contributed by atoms with Gasteiger partial charge in [0, 0.05) is 40.7 Å². The molecule has 4 aromatic rings. The van der Waals surface area contributed by atoms with E-state index in [0.717, 1.165) is 33.3 Å². The van der Waals surface area contributed by atoms with Crippen molar-refractivity contribution in [1.82, 2.24) is 15.0 Å². The van der Waals surface area contributed by atoms with Crippen LogP contribution >= 0.6 is 0 Å². The maximum atomic E-state index is 11.5. The zero-order chi connectivity index (χ0) is 18.8. The maximum absolute atomic E-state index is 11.5. The predicted octanol–water partition coefficient (Wildman–Crippen LogP) is 4.72. The number of amides is 1. The Hall–Kier alpha value is -3.73. The largest absolute Gasteiger partial charge is 0.346 e. The van der Waals surface area contributed by atoms with E-state index in [0.29, 0.717) is 5.69 Å². The van der Waals surface area contributed by atoms with Gasteiger partial charge in [0.25, 0.3) is 0 Å². The van der Waals surface area contributed by atoms with Gasteiger partial charge in [-0.05, 0) is 30.7 Å². The van der Waals surface area contributed by atoms with Crippen LogP contribution in [-0.2, 0) is 4.79 Å². The van der Waals surface area contributed by atoms with Crippen molar-refractivity contribution in [1.29, 1.82) is 0 Å². The SMILES string of the molecule is C=CC(=O)Nc1cncc(-c2cnc3[nH]cc(-c4cccc(C)c4)c3c2)c1. The van der Waals surface area contributed by atoms with Gasteiger partial charge in [-0.3, -0.25) is 9.78 Å². The number of rotatable bonds is 4. The molecule has 1 aromatic carbocycles. The van der Waals surface area contributed by atoms with Crippen molar-refractivity contribution in [2.45, 2.75) is 6.92 Å². The molecule has 0 radical (unpaired) electrons. The van der Waals surface area contributed by atoms with E-state index in [1.165, 1.54) is 11.6 Å². The molecule has 0 bridgehead atoms. The first-order valence-corrected chi connectivity index (χ1v) is 8.57. The summed E-state index contributed by atoms with van der Waals surface area (Å²) in [5.41, 5.74) is 6.71. The van der Waals surface area contributed by atoms with Crippen molar-refractivity contribution in [2.75, 3.05) is 5.32 Å². The fraction of sp³-hybridized carbons (Fsp3) is 0.0455. The number of pyridine rings is 2. The first-order chi connectivity index (χ1) is 13.1. The highest BCUT2D eigenvalue weighted by molar-refractivity contribution is 5.99. The van der Waals surface area contributed by atoms with Crippen LogP contribution in [-0.4, -0.2) is 20.9 Å². The minimum Gasteiger partial charge on any atom is -0.346 e. The quantitative estimate of drug-likeness (QED) is 0.521. The number of carbonyl (C=O) groups excluding carboxylic acids is 1. The summed E-state index contributed by atoms with van der Waals surface area (Å²) in [7, 11) is 0. The van der Waals surface area contributed by atoms with E-state index < -0.39 is 0 Å². The predicted molar refractivity (Wildman–Crippen MR) is 108 cm³/mol. The van der Waals surface area contributed by atoms with E-state index in [4.69, 9.17) is 0 Å². The van der Waals surface area contributed by atoms with Gasteiger partial charge in [-0.15, -0.1) is 0 Å². The van der Waals surface area contributed by atoms with Gasteiger partial charge in [0.1, 0.15) is 5.65 Å². The minimum absolute atomic E-state index is 0.269. The summed E-state index contributed by atoms with van der Waals surface area (Å²) >= 11 is 0. The Morgan fingerprint density at radius 1 is 1.11 bits per heavy atom. The van der Waals surface area contributed by atoms with E-state index in [9.17, 15) is 4.79 Å². The summed E-state index contributed by atoms with van der Waals surface area (Å²) in [6.07, 6.45) is 8.37. The second-order valence-electron chi connectivity index (χ2n) is 6.35. The van der Waals surface area contributed by atoms with E-state index >= 15 is 0 Å². The van der Waals surface area contributed by atoms with E-state index in [1.54, 1.807) is 18.6 Å². The van der Waals surface area contributed by atoms with Crippen molar-refractivity contribution < 1.29 is 4.79 Å². The number of H-pyrrole nitrogens is 1. The average molecular weight is 354 g/mol. The van der Waals surface area contributed by atoms with E-state index in [1.807, 2.05) is 12.3 Å². The molecule has 5 nitrogen and oxygen atoms in total. The summed E-state index contributed by atoms with van der Waals surface area (Å²) in [6.45, 7) is 5.54. The Morgan fingerprint density at radius 3 is 2.78 bits per heavy atom. The van der Waals surface area contributed by atoms with Gasteiger partial charge < -0.3 is 10.3 Å². The Bertz CT molecular complexity index is 1160. The number of fused-ring (bicyclic) bond motifs is 1. The molecule has 5 heteroatoms. The third kappa shape index (κ3) is 3.35. The molecular weight excluding hydrogens is 336 g/mol. The highest BCUT2D eigenvalue weighted by Crippen LogP contribution is 2.31. The molecule has 3 aromatic heterocycles. The number of nitrogens with one attached hydrogen (secondary N) is 2. The number of nitrogens with zero attached hydrogens (tertiary/aromatic N) is 2. The Balaban J connectivity index is 1.78. The number of hydrogen-bond acceptors (Lipinski definition) is 3. The van der Waals surface area contributed by atoms with Crippen molar-refractivity contribution >= 4 is 22.6 Å². The molecule has 0 aliphatic rings. The monoisotopic (exact) mass is 354 g/mol. The highest BCUT2D eigenvalue weighted by Gasteiger charge is 2.10. The second kappa shape index (κ2) is 6.88. The van der Waals surface area contributed by atoms with Gasteiger partial charge in [-0.2, -0.15) is 0 Å². The van der Waals surface area contributed by atoms with Gasteiger partial charge >= 0.3 is 0 Å². The molecule has 0 atom stereocenters. The number of hydrogen-bond donors (Lipinski definition) is 2. The number of aryl methyl sites for hydroxylation is 1. The summed E-state index contributed by atoms with van der Waals surface area (Å²) < 4.78 is 0. The van der Waals surface area contributed by atoms with Crippen LogP contribution in [0.15, 0.2) is 73.8 Å². The van der Waals surface area contributed by atoms with Gasteiger partial charge in [-0.1, -0.05) is 36.4 Å². The number of aromatic amines is 1. The molecule has 132 valence electrons. The highest BCUT2D eigenvalue weighted by atomic mass is 16.1. The van der Waals surface area contributed by atoms with Crippen molar-refractivity contribution in [3.8, 4) is 22.3 Å². The molecule has 0 saturated carbocycles. The summed E-state index contributed by atoms with van der Waals surface area (Å²) in [4.78, 5) is 23.5. The number of aromatic nitrogens is 3. The lowest BCUT2D eigenvalue weighted by Crippen LogP contribution is -2.07. The lowest BCUT2D eigenvalue weighted by atomic mass is 10.0. The molecule has 0 unspecified atom stereocenters. The third-order valence-electron chi connectivity index (χ3n) is 4.38. The summed E-state index contributed by atoms with van der Waals surface area (Å²) in [6, 6.07) is 12.3. The lowest BCUT2D eigenvalue weighted by Gasteiger charge is -2.06. The summed E-state index contributed by atoms with van der Waals surface area (Å²) in [5, 5.41) is 3.77. The first kappa shape index (κ1) is 16.7. The Kier molecular flexibility index (Phi) is 4.26. The van der Waals surface area contributed by atoms with Gasteiger partial charge in [-0.25, -0.2) is 4.98 Å². The Morgan fingerprint density at radius 2 is 1.96 bits per heavy atom. The Labute approximate surface area is 156 Å². The average Bonchev–Trinajstić information content (AvgIpc) is 3.11. The van der Waals surface area contributed by atoms with Crippen LogP contribution in [0.25, 0.3) is 33.3 Å². The molecule has 0 aliphatic carbocycles. The number of carbonyl (C=O) groups is 1. The molecule has 0 spiro atoms. The molecule has 2 N–H and O–H groups in total. The van der Waals surface area contributed by atoms with Crippen LogP contribution in [0.3, 0.4) is 0 Å². The molecule has 0 saturated heterocycles. The van der Waals surface area contributed by atoms with Crippen LogP contribution < -0.4 is 5.32 Å². The van der Waals surface area contributed by atoms with E-state index in [2.05, 4.69) is 64.1 Å². The van der Waals surface area contributed by atoms with Crippen molar-refractivity contribution in [3.63, 3.8) is 0 Å². The molecule has 27 heavy (non-hydrogen) atoms. The van der Waals surface area contributed by atoms with Gasteiger partial charge in [0.2, 0.25) is 5.91 Å². The number of benzene rings is 1. The van der Waals surface area contributed by atoms with E-state index in [-0.39, 0.29) is 5.91 Å². The van der Waals surface area contributed by atoms with Crippen LogP contribution in [0.5, 0.6) is 0 Å². The van der Waals surface area contributed by atoms with Crippen LogP contribution in [0.4, 0.5) is 5.69 Å². The molecule has 0 fully saturated rings. The smallest absolute Gasteiger partial charge is 0.247 e. The second-order valence-corrected chi connectivity index (χ2v) is 6.35. The zero-order valence-corrected chi connectivity index (χ0v) is 14.9. The minimum atomic E-state index is -0.269. The van der Waals surface area contributed by atoms with Gasteiger partial charge in [0.05, 0.1) is 11.9 Å². The van der Waals surface area contributed by atoms with Crippen LogP contribution in [0.1, 0.15) is 5.56 Å². The fourth-order valence-corrected chi connectivity index (χ4v) is 3.07. The van der Waals surface area contributed by atoms with Crippen molar-refractivity contribution in [3.05, 3.63) is 79.4 Å². The standard InChI is InChI=1S/C22H18N4O/c1-3-21(27)26-18-8-16(10-23-12-18)17-9-19-20(13-25-22(19)24-11-17)15-6-4-5-14(2)7-15/h3-13H,1H2,2H3,(H,24,25)(H,26,27). The molecule has 0 aliphatic heterocycles. The third-order valence-corrected chi connectivity index (χ3v) is 4.38. The topological polar surface area (TPSA) is 70.7 Å². The van der Waals surface area contributed by atoms with Crippen LogP contribution in [0, 0.1) is 6.92 Å². The zero-order valence-electron chi connectivity index (χ0n) is 14.9. The summed E-state index contributed by atoms with van der Waals surface area (Å²) in [5.74, 6) is -0.269. The maximum Gasteiger partial charge on any atom is 0.247 e. The van der Waals surface area contributed by atoms with Gasteiger partial charge in [0.15, 0.2) is 0 Å². The molecule has 3 heterocycles. The fourth-order valence-electron chi connectivity index (χ4n) is 3.07. The lowest BCUT2D eigenvalue weighted by molar-refractivity contribution is -0.111. The molecular formula is C22H18N4O. The molecule has 4 rings (SSSR count). The number of anilines is 1. The van der Waals surface area contributed by atoms with Crippen LogP contribution in [0.2, 0.25) is 0 Å². The normalized spacial score (nSPS) is 10.7. The molecule has 1 amide bonds.